The SMILES string of the molecule is CCOc1cc(/C=C2/C(=O)NC(=O)N(c3cccc(Cl)c3C)C2=O)cc(Cl)c1OCC(=O)Nc1ccc(OC)cc1. The van der Waals surface area contributed by atoms with E-state index in [-0.39, 0.29) is 41.0 Å². The Hall–Kier alpha value is -4.54. The molecule has 1 fully saturated rings. The molecule has 212 valence electrons. The molecular weight excluding hydrogens is 573 g/mol. The van der Waals surface area contributed by atoms with E-state index in [4.69, 9.17) is 37.4 Å². The summed E-state index contributed by atoms with van der Waals surface area (Å²) in [6.45, 7) is 3.26. The molecule has 4 rings (SSSR count). The molecule has 0 aromatic heterocycles. The average Bonchev–Trinajstić information content (AvgIpc) is 2.93. The largest absolute Gasteiger partial charge is 0.497 e. The van der Waals surface area contributed by atoms with Crippen LogP contribution in [-0.4, -0.2) is 44.1 Å². The minimum atomic E-state index is -0.896. The zero-order valence-corrected chi connectivity index (χ0v) is 23.8. The summed E-state index contributed by atoms with van der Waals surface area (Å²) in [6, 6.07) is 13.6. The number of ether oxygens (including phenoxy) is 3. The van der Waals surface area contributed by atoms with E-state index in [9.17, 15) is 19.2 Å². The fourth-order valence-corrected chi connectivity index (χ4v) is 4.41. The lowest BCUT2D eigenvalue weighted by Crippen LogP contribution is -2.54. The molecule has 2 N–H and O–H groups in total. The number of nitrogens with zero attached hydrogens (tertiary/aromatic N) is 1. The molecule has 0 saturated carbocycles. The van der Waals surface area contributed by atoms with E-state index in [2.05, 4.69) is 10.6 Å². The number of barbiturate groups is 1. The van der Waals surface area contributed by atoms with Crippen molar-refractivity contribution in [3.8, 4) is 17.2 Å². The summed E-state index contributed by atoms with van der Waals surface area (Å²) in [6.07, 6.45) is 1.28. The number of carbonyl (C=O) groups is 4. The van der Waals surface area contributed by atoms with Crippen molar-refractivity contribution in [2.45, 2.75) is 13.8 Å². The third kappa shape index (κ3) is 6.62. The minimum absolute atomic E-state index is 0.0716. The molecule has 1 aliphatic rings. The highest BCUT2D eigenvalue weighted by Crippen LogP contribution is 2.38. The van der Waals surface area contributed by atoms with E-state index in [0.29, 0.717) is 27.6 Å². The summed E-state index contributed by atoms with van der Waals surface area (Å²) < 4.78 is 16.4. The number of rotatable bonds is 9. The number of amides is 5. The fraction of sp³-hybridized carbons (Fsp3) is 0.172. The Kier molecular flexibility index (Phi) is 9.16. The second kappa shape index (κ2) is 12.8. The summed E-state index contributed by atoms with van der Waals surface area (Å²) in [7, 11) is 1.54. The van der Waals surface area contributed by atoms with Crippen molar-refractivity contribution in [2.75, 3.05) is 30.5 Å². The van der Waals surface area contributed by atoms with Gasteiger partial charge in [0.15, 0.2) is 18.1 Å². The van der Waals surface area contributed by atoms with Gasteiger partial charge >= 0.3 is 6.03 Å². The Morgan fingerprint density at radius 1 is 1.02 bits per heavy atom. The van der Waals surface area contributed by atoms with Crippen LogP contribution in [0.25, 0.3) is 6.08 Å². The maximum Gasteiger partial charge on any atom is 0.335 e. The Labute approximate surface area is 245 Å². The molecule has 0 atom stereocenters. The van der Waals surface area contributed by atoms with Gasteiger partial charge in [0.05, 0.1) is 24.4 Å². The lowest BCUT2D eigenvalue weighted by molar-refractivity contribution is -0.122. The summed E-state index contributed by atoms with van der Waals surface area (Å²) in [5, 5.41) is 5.30. The van der Waals surface area contributed by atoms with Crippen LogP contribution in [0, 0.1) is 6.92 Å². The van der Waals surface area contributed by atoms with Crippen molar-refractivity contribution in [1.29, 1.82) is 0 Å². The molecule has 0 radical (unpaired) electrons. The molecule has 3 aromatic rings. The molecule has 5 amide bonds. The molecule has 10 nitrogen and oxygen atoms in total. The van der Waals surface area contributed by atoms with Gasteiger partial charge in [-0.1, -0.05) is 29.3 Å². The van der Waals surface area contributed by atoms with Gasteiger partial charge in [-0.05, 0) is 79.6 Å². The summed E-state index contributed by atoms with van der Waals surface area (Å²) in [5.74, 6) is -1.22. The number of hydrogen-bond donors (Lipinski definition) is 2. The van der Waals surface area contributed by atoms with Gasteiger partial charge in [-0.25, -0.2) is 9.69 Å². The molecule has 1 saturated heterocycles. The van der Waals surface area contributed by atoms with E-state index in [1.165, 1.54) is 18.2 Å². The second-order valence-electron chi connectivity index (χ2n) is 8.67. The van der Waals surface area contributed by atoms with Crippen molar-refractivity contribution >= 4 is 64.4 Å². The predicted octanol–water partition coefficient (Wildman–Crippen LogP) is 5.39. The Balaban J connectivity index is 1.58. The number of halogens is 2. The molecule has 0 spiro atoms. The van der Waals surface area contributed by atoms with Crippen LogP contribution in [-0.2, 0) is 14.4 Å². The number of urea groups is 1. The second-order valence-corrected chi connectivity index (χ2v) is 9.48. The van der Waals surface area contributed by atoms with Gasteiger partial charge in [-0.3, -0.25) is 19.7 Å². The van der Waals surface area contributed by atoms with Crippen LogP contribution in [0.15, 0.2) is 60.2 Å². The molecule has 41 heavy (non-hydrogen) atoms. The Morgan fingerprint density at radius 3 is 2.44 bits per heavy atom. The first-order valence-electron chi connectivity index (χ1n) is 12.3. The number of anilines is 2. The first-order valence-corrected chi connectivity index (χ1v) is 13.1. The zero-order chi connectivity index (χ0) is 29.7. The van der Waals surface area contributed by atoms with Crippen LogP contribution in [0.2, 0.25) is 10.0 Å². The van der Waals surface area contributed by atoms with Crippen molar-refractivity contribution in [2.24, 2.45) is 0 Å². The Morgan fingerprint density at radius 2 is 1.76 bits per heavy atom. The summed E-state index contributed by atoms with van der Waals surface area (Å²) in [4.78, 5) is 51.9. The van der Waals surface area contributed by atoms with Gasteiger partial charge in [-0.15, -0.1) is 0 Å². The minimum Gasteiger partial charge on any atom is -0.497 e. The smallest absolute Gasteiger partial charge is 0.335 e. The van der Waals surface area contributed by atoms with E-state index >= 15 is 0 Å². The summed E-state index contributed by atoms with van der Waals surface area (Å²) >= 11 is 12.7. The molecule has 0 aliphatic carbocycles. The highest BCUT2D eigenvalue weighted by molar-refractivity contribution is 6.40. The predicted molar refractivity (Wildman–Crippen MR) is 155 cm³/mol. The Bertz CT molecular complexity index is 1550. The van der Waals surface area contributed by atoms with Crippen LogP contribution in [0.1, 0.15) is 18.1 Å². The lowest BCUT2D eigenvalue weighted by atomic mass is 10.1. The van der Waals surface area contributed by atoms with Crippen LogP contribution in [0.4, 0.5) is 16.2 Å². The lowest BCUT2D eigenvalue weighted by Gasteiger charge is -2.27. The number of nitrogens with one attached hydrogen (secondary N) is 2. The van der Waals surface area contributed by atoms with Crippen molar-refractivity contribution in [3.63, 3.8) is 0 Å². The number of methoxy groups -OCH3 is 1. The van der Waals surface area contributed by atoms with Crippen molar-refractivity contribution < 1.29 is 33.4 Å². The third-order valence-corrected chi connectivity index (χ3v) is 6.64. The molecule has 0 bridgehead atoms. The van der Waals surface area contributed by atoms with Crippen molar-refractivity contribution in [1.82, 2.24) is 5.32 Å². The quantitative estimate of drug-likeness (QED) is 0.250. The monoisotopic (exact) mass is 597 g/mol. The normalized spacial score (nSPS) is 14.1. The first kappa shape index (κ1) is 29.4. The van der Waals surface area contributed by atoms with Gasteiger partial charge in [0.1, 0.15) is 11.3 Å². The number of hydrogen-bond acceptors (Lipinski definition) is 7. The maximum atomic E-state index is 13.3. The third-order valence-electron chi connectivity index (χ3n) is 5.95. The van der Waals surface area contributed by atoms with Crippen LogP contribution >= 0.6 is 23.2 Å². The molecule has 1 aliphatic heterocycles. The van der Waals surface area contributed by atoms with Crippen LogP contribution in [0.5, 0.6) is 17.2 Å². The topological polar surface area (TPSA) is 123 Å². The molecule has 1 heterocycles. The fourth-order valence-electron chi connectivity index (χ4n) is 3.96. The molecular formula is C29H25Cl2N3O7. The zero-order valence-electron chi connectivity index (χ0n) is 22.2. The van der Waals surface area contributed by atoms with E-state index in [1.807, 2.05) is 0 Å². The van der Waals surface area contributed by atoms with Crippen molar-refractivity contribution in [3.05, 3.63) is 81.3 Å². The van der Waals surface area contributed by atoms with Gasteiger partial charge in [0.2, 0.25) is 0 Å². The molecule has 12 heteroatoms. The highest BCUT2D eigenvalue weighted by Gasteiger charge is 2.37. The first-order chi connectivity index (χ1) is 19.6. The molecule has 3 aromatic carbocycles. The molecule has 0 unspecified atom stereocenters. The number of benzene rings is 3. The van der Waals surface area contributed by atoms with Gasteiger partial charge in [-0.2, -0.15) is 0 Å². The number of carbonyl (C=O) groups excluding carboxylic acids is 4. The van der Waals surface area contributed by atoms with Gasteiger partial charge in [0.25, 0.3) is 17.7 Å². The number of imide groups is 2. The summed E-state index contributed by atoms with van der Waals surface area (Å²) in [5.41, 5.74) is 1.29. The van der Waals surface area contributed by atoms with E-state index < -0.39 is 23.8 Å². The van der Waals surface area contributed by atoms with E-state index in [0.717, 1.165) is 4.90 Å². The van der Waals surface area contributed by atoms with Crippen LogP contribution < -0.4 is 29.7 Å². The van der Waals surface area contributed by atoms with E-state index in [1.54, 1.807) is 63.4 Å². The maximum absolute atomic E-state index is 13.3. The highest BCUT2D eigenvalue weighted by atomic mass is 35.5. The average molecular weight is 598 g/mol. The van der Waals surface area contributed by atoms with Gasteiger partial charge < -0.3 is 19.5 Å². The van der Waals surface area contributed by atoms with Crippen LogP contribution in [0.3, 0.4) is 0 Å². The van der Waals surface area contributed by atoms with Gasteiger partial charge in [0, 0.05) is 10.7 Å². The standard InChI is InChI=1S/C29H25Cl2N3O7/c1-4-40-24-14-17(13-22(31)26(24)41-15-25(35)32-18-8-10-19(39-3)11-9-18)12-20-27(36)33-29(38)34(28(20)37)23-7-5-6-21(30)16(23)2/h5-14H,4,15H2,1-3H3,(H,32,35)(H,33,36,38)/b20-12-.